The number of rotatable bonds is 6. The molecular formula is C12H26N2O3. The van der Waals surface area contributed by atoms with Crippen LogP contribution in [0.15, 0.2) is 0 Å². The van der Waals surface area contributed by atoms with Crippen LogP contribution < -0.4 is 11.1 Å². The van der Waals surface area contributed by atoms with Crippen LogP contribution >= 0.6 is 0 Å². The van der Waals surface area contributed by atoms with E-state index >= 15 is 0 Å². The van der Waals surface area contributed by atoms with Gasteiger partial charge < -0.3 is 16.2 Å². The van der Waals surface area contributed by atoms with Gasteiger partial charge in [0.2, 0.25) is 11.8 Å². The molecule has 0 heterocycles. The van der Waals surface area contributed by atoms with Crippen molar-refractivity contribution in [1.82, 2.24) is 5.32 Å². The van der Waals surface area contributed by atoms with Gasteiger partial charge in [0, 0.05) is 18.4 Å². The number of carbonyl (C=O) groups excluding carboxylic acids is 2. The Morgan fingerprint density at radius 1 is 1.18 bits per heavy atom. The van der Waals surface area contributed by atoms with Crippen LogP contribution in [-0.2, 0) is 9.59 Å². The Bertz CT molecular complexity index is 220. The number of nitrogens with one attached hydrogen (secondary N) is 1. The Labute approximate surface area is 104 Å². The Hall–Kier alpha value is -1.10. The topological polar surface area (TPSA) is 92.4 Å². The molecule has 0 aliphatic rings. The van der Waals surface area contributed by atoms with Gasteiger partial charge in [-0.2, -0.15) is 0 Å². The zero-order valence-corrected chi connectivity index (χ0v) is 11.3. The predicted octanol–water partition coefficient (Wildman–Crippen LogP) is 0.659. The van der Waals surface area contributed by atoms with Crippen LogP contribution in [0.1, 0.15) is 40.5 Å². The van der Waals surface area contributed by atoms with Crippen molar-refractivity contribution in [2.45, 2.75) is 40.5 Å². The summed E-state index contributed by atoms with van der Waals surface area (Å²) in [7, 11) is 0. The lowest BCUT2D eigenvalue weighted by molar-refractivity contribution is -0.124. The smallest absolute Gasteiger partial charge is 0.222 e. The first-order valence-corrected chi connectivity index (χ1v) is 6.08. The summed E-state index contributed by atoms with van der Waals surface area (Å²) in [5.74, 6) is -0.0781. The first-order chi connectivity index (χ1) is 7.90. The van der Waals surface area contributed by atoms with Gasteiger partial charge in [-0.1, -0.05) is 27.7 Å². The van der Waals surface area contributed by atoms with Crippen LogP contribution in [0.3, 0.4) is 0 Å². The van der Waals surface area contributed by atoms with E-state index < -0.39 is 0 Å². The summed E-state index contributed by atoms with van der Waals surface area (Å²) in [6.07, 6.45) is 1.69. The van der Waals surface area contributed by atoms with E-state index in [9.17, 15) is 9.59 Å². The van der Waals surface area contributed by atoms with Crippen LogP contribution in [0.25, 0.3) is 0 Å². The van der Waals surface area contributed by atoms with Gasteiger partial charge in [-0.3, -0.25) is 9.59 Å². The Balaban J connectivity index is 0. The maximum absolute atomic E-state index is 10.9. The summed E-state index contributed by atoms with van der Waals surface area (Å²) in [6, 6.07) is 0. The van der Waals surface area contributed by atoms with Crippen LogP contribution in [0.2, 0.25) is 0 Å². The lowest BCUT2D eigenvalue weighted by atomic mass is 10.1. The van der Waals surface area contributed by atoms with Crippen molar-refractivity contribution in [3.05, 3.63) is 0 Å². The molecule has 5 nitrogen and oxygen atoms in total. The molecule has 5 heteroatoms. The zero-order valence-electron chi connectivity index (χ0n) is 11.3. The minimum absolute atomic E-state index is 0.0160. The molecule has 0 bridgehead atoms. The van der Waals surface area contributed by atoms with E-state index in [1.165, 1.54) is 0 Å². The standard InChI is InChI=1S/C7H15NO2.C5H11NO/c1-3-6(2)7(10)8-4-5-9;1-3-4(2)5(6)7/h6,9H,3-5H2,1-2H3,(H,8,10);4H,3H2,1-2H3,(H2,6,7). The number of primary amides is 1. The molecule has 102 valence electrons. The lowest BCUT2D eigenvalue weighted by Gasteiger charge is -2.07. The third-order valence-corrected chi connectivity index (χ3v) is 2.57. The van der Waals surface area contributed by atoms with Crippen molar-refractivity contribution in [2.24, 2.45) is 17.6 Å². The fourth-order valence-corrected chi connectivity index (χ4v) is 0.740. The highest BCUT2D eigenvalue weighted by Gasteiger charge is 2.07. The molecule has 0 rings (SSSR count). The third-order valence-electron chi connectivity index (χ3n) is 2.57. The number of nitrogens with two attached hydrogens (primary N) is 1. The fourth-order valence-electron chi connectivity index (χ4n) is 0.740. The molecule has 0 aromatic carbocycles. The molecule has 0 radical (unpaired) electrons. The summed E-state index contributed by atoms with van der Waals surface area (Å²) in [5.41, 5.74) is 4.91. The molecule has 0 aliphatic heterocycles. The van der Waals surface area contributed by atoms with Gasteiger partial charge in [0.05, 0.1) is 6.61 Å². The van der Waals surface area contributed by atoms with Gasteiger partial charge >= 0.3 is 0 Å². The van der Waals surface area contributed by atoms with Crippen LogP contribution in [0.4, 0.5) is 0 Å². The summed E-state index contributed by atoms with van der Waals surface area (Å²) >= 11 is 0. The molecule has 0 aromatic rings. The van der Waals surface area contributed by atoms with E-state index in [4.69, 9.17) is 10.8 Å². The van der Waals surface area contributed by atoms with Crippen molar-refractivity contribution in [3.63, 3.8) is 0 Å². The minimum Gasteiger partial charge on any atom is -0.395 e. The summed E-state index contributed by atoms with van der Waals surface area (Å²) in [6.45, 7) is 7.97. The van der Waals surface area contributed by atoms with Crippen molar-refractivity contribution < 1.29 is 14.7 Å². The number of hydrogen-bond donors (Lipinski definition) is 3. The molecule has 0 aromatic heterocycles. The van der Waals surface area contributed by atoms with Crippen molar-refractivity contribution in [2.75, 3.05) is 13.2 Å². The maximum atomic E-state index is 10.9. The minimum atomic E-state index is -0.206. The molecular weight excluding hydrogens is 220 g/mol. The molecule has 17 heavy (non-hydrogen) atoms. The largest absolute Gasteiger partial charge is 0.395 e. The molecule has 2 atom stereocenters. The van der Waals surface area contributed by atoms with Crippen molar-refractivity contribution in [1.29, 1.82) is 0 Å². The highest BCUT2D eigenvalue weighted by atomic mass is 16.3. The van der Waals surface area contributed by atoms with Gasteiger partial charge in [-0.05, 0) is 12.8 Å². The van der Waals surface area contributed by atoms with E-state index in [1.807, 2.05) is 27.7 Å². The zero-order chi connectivity index (χ0) is 13.8. The normalized spacial score (nSPS) is 13.0. The number of amides is 2. The Morgan fingerprint density at radius 2 is 1.65 bits per heavy atom. The monoisotopic (exact) mass is 246 g/mol. The van der Waals surface area contributed by atoms with Crippen molar-refractivity contribution >= 4 is 11.8 Å². The molecule has 0 fully saturated rings. The molecule has 0 spiro atoms. The maximum Gasteiger partial charge on any atom is 0.222 e. The summed E-state index contributed by atoms with van der Waals surface area (Å²) < 4.78 is 0. The van der Waals surface area contributed by atoms with Crippen LogP contribution in [-0.4, -0.2) is 30.1 Å². The second-order valence-electron chi connectivity index (χ2n) is 4.04. The van der Waals surface area contributed by atoms with Gasteiger partial charge in [0.25, 0.3) is 0 Å². The number of aliphatic hydroxyl groups is 1. The van der Waals surface area contributed by atoms with E-state index in [-0.39, 0.29) is 30.3 Å². The van der Waals surface area contributed by atoms with E-state index in [0.717, 1.165) is 12.8 Å². The van der Waals surface area contributed by atoms with Gasteiger partial charge in [-0.25, -0.2) is 0 Å². The van der Waals surface area contributed by atoms with Crippen LogP contribution in [0.5, 0.6) is 0 Å². The predicted molar refractivity (Wildman–Crippen MR) is 68.2 cm³/mol. The van der Waals surface area contributed by atoms with Crippen molar-refractivity contribution in [3.8, 4) is 0 Å². The SMILES string of the molecule is CCC(C)C(=O)NCCO.CCC(C)C(N)=O. The average Bonchev–Trinajstić information content (AvgIpc) is 2.34. The van der Waals surface area contributed by atoms with E-state index in [1.54, 1.807) is 0 Å². The van der Waals surface area contributed by atoms with E-state index in [2.05, 4.69) is 5.32 Å². The molecule has 4 N–H and O–H groups in total. The number of aliphatic hydroxyl groups excluding tert-OH is 1. The lowest BCUT2D eigenvalue weighted by Crippen LogP contribution is -2.31. The number of carbonyl (C=O) groups is 2. The van der Waals surface area contributed by atoms with Crippen LogP contribution in [0, 0.1) is 11.8 Å². The summed E-state index contributed by atoms with van der Waals surface area (Å²) in [4.78, 5) is 21.1. The molecule has 0 aliphatic carbocycles. The Kier molecular flexibility index (Phi) is 12.2. The Morgan fingerprint density at radius 3 is 1.88 bits per heavy atom. The van der Waals surface area contributed by atoms with Gasteiger partial charge in [-0.15, -0.1) is 0 Å². The average molecular weight is 246 g/mol. The third kappa shape index (κ3) is 11.2. The van der Waals surface area contributed by atoms with Gasteiger partial charge in [0.15, 0.2) is 0 Å². The van der Waals surface area contributed by atoms with E-state index in [0.29, 0.717) is 6.54 Å². The number of hydrogen-bond acceptors (Lipinski definition) is 3. The fraction of sp³-hybridized carbons (Fsp3) is 0.833. The first kappa shape index (κ1) is 18.3. The summed E-state index contributed by atoms with van der Waals surface area (Å²) in [5, 5.41) is 10.9. The molecule has 2 amide bonds. The quantitative estimate of drug-likeness (QED) is 0.642. The second-order valence-corrected chi connectivity index (χ2v) is 4.04. The first-order valence-electron chi connectivity index (χ1n) is 6.08. The highest BCUT2D eigenvalue weighted by molar-refractivity contribution is 5.78. The molecule has 0 saturated carbocycles. The molecule has 2 unspecified atom stereocenters. The second kappa shape index (κ2) is 11.4. The van der Waals surface area contributed by atoms with Gasteiger partial charge in [0.1, 0.15) is 0 Å². The molecule has 0 saturated heterocycles. The highest BCUT2D eigenvalue weighted by Crippen LogP contribution is 1.98.